The van der Waals surface area contributed by atoms with Gasteiger partial charge >= 0.3 is 7.75 Å². The third-order valence-corrected chi connectivity index (χ3v) is 7.32. The first-order chi connectivity index (χ1) is 13.3. The predicted molar refractivity (Wildman–Crippen MR) is 107 cm³/mol. The maximum atomic E-state index is 14.1. The molecule has 2 aliphatic rings. The smallest absolute Gasteiger partial charge is 0.404 e. The molecular weight excluding hydrogens is 375 g/mol. The molecule has 2 saturated heterocycles. The van der Waals surface area contributed by atoms with Crippen LogP contribution in [0.4, 0.5) is 0 Å². The summed E-state index contributed by atoms with van der Waals surface area (Å²) in [7, 11) is -3.75. The van der Waals surface area contributed by atoms with E-state index in [2.05, 4.69) is 5.32 Å². The van der Waals surface area contributed by atoms with Gasteiger partial charge in [0, 0.05) is 26.2 Å². The van der Waals surface area contributed by atoms with E-state index in [0.717, 1.165) is 0 Å². The summed E-state index contributed by atoms with van der Waals surface area (Å²) < 4.78 is 27.7. The molecule has 2 fully saturated rings. The second kappa shape index (κ2) is 7.03. The zero-order valence-electron chi connectivity index (χ0n) is 16.1. The molecule has 2 aromatic carbocycles. The summed E-state index contributed by atoms with van der Waals surface area (Å²) in [6.45, 7) is 5.56. The number of nitrogens with one attached hydrogen (secondary N) is 1. The van der Waals surface area contributed by atoms with Crippen molar-refractivity contribution < 1.29 is 18.4 Å². The van der Waals surface area contributed by atoms with E-state index in [0.29, 0.717) is 37.7 Å². The average molecular weight is 400 g/mol. The molecule has 2 bridgehead atoms. The van der Waals surface area contributed by atoms with E-state index in [1.165, 1.54) is 0 Å². The highest BCUT2D eigenvalue weighted by Gasteiger charge is 2.58. The number of carbonyl (C=O) groups is 1. The van der Waals surface area contributed by atoms with Gasteiger partial charge in [-0.1, -0.05) is 50.2 Å². The Morgan fingerprint density at radius 2 is 1.29 bits per heavy atom. The summed E-state index contributed by atoms with van der Waals surface area (Å²) in [6, 6.07) is 18.0. The Balaban J connectivity index is 1.71. The van der Waals surface area contributed by atoms with Gasteiger partial charge in [0.15, 0.2) is 0 Å². The number of hydrogen-bond acceptors (Lipinski definition) is 5. The first-order valence-corrected chi connectivity index (χ1v) is 10.9. The van der Waals surface area contributed by atoms with Crippen molar-refractivity contribution in [2.24, 2.45) is 10.8 Å². The number of hydrogen-bond donors (Lipinski definition) is 1. The van der Waals surface area contributed by atoms with Crippen LogP contribution in [0.25, 0.3) is 0 Å². The number of rotatable bonds is 5. The van der Waals surface area contributed by atoms with E-state index in [1.807, 2.05) is 50.2 Å². The van der Waals surface area contributed by atoms with Crippen molar-refractivity contribution in [1.82, 2.24) is 9.99 Å². The van der Waals surface area contributed by atoms with Crippen LogP contribution in [-0.2, 0) is 9.36 Å². The molecule has 148 valence electrons. The van der Waals surface area contributed by atoms with Crippen molar-refractivity contribution >= 4 is 13.5 Å². The molecule has 2 aliphatic heterocycles. The largest absolute Gasteiger partial charge is 0.515 e. The normalized spacial score (nSPS) is 28.0. The number of carbonyl (C=O) groups excluding carboxylic acids is 1. The van der Waals surface area contributed by atoms with E-state index >= 15 is 0 Å². The van der Waals surface area contributed by atoms with Gasteiger partial charge < -0.3 is 14.4 Å². The predicted octanol–water partition coefficient (Wildman–Crippen LogP) is 3.75. The molecule has 4 rings (SSSR count). The molecule has 0 aromatic heterocycles. The van der Waals surface area contributed by atoms with Gasteiger partial charge in [-0.3, -0.25) is 4.79 Å². The van der Waals surface area contributed by atoms with Gasteiger partial charge in [0.05, 0.1) is 10.8 Å². The van der Waals surface area contributed by atoms with Gasteiger partial charge in [0.25, 0.3) is 0 Å². The number of Topliss-reactive ketones (excluding diaryl/α,β-unsaturated/α-hetero) is 1. The molecule has 0 radical (unpaired) electrons. The van der Waals surface area contributed by atoms with Gasteiger partial charge in [0.2, 0.25) is 0 Å². The molecule has 0 amide bonds. The Hall–Kier alpha value is -2.14. The lowest BCUT2D eigenvalue weighted by Crippen LogP contribution is -2.67. The third kappa shape index (κ3) is 3.48. The Kier molecular flexibility index (Phi) is 4.82. The van der Waals surface area contributed by atoms with E-state index in [9.17, 15) is 9.36 Å². The summed E-state index contributed by atoms with van der Waals surface area (Å²) in [4.78, 5) is 13.0. The fraction of sp³-hybridized carbons (Fsp3) is 0.381. The number of nitrogens with zero attached hydrogens (tertiary/aromatic N) is 1. The minimum Gasteiger partial charge on any atom is -0.404 e. The molecule has 0 unspecified atom stereocenters. The summed E-state index contributed by atoms with van der Waals surface area (Å²) >= 11 is 0. The Morgan fingerprint density at radius 3 is 1.71 bits per heavy atom. The first kappa shape index (κ1) is 19.2. The molecule has 0 aliphatic carbocycles. The number of ketones is 1. The second-order valence-corrected chi connectivity index (χ2v) is 10.0. The van der Waals surface area contributed by atoms with E-state index in [-0.39, 0.29) is 5.78 Å². The molecular formula is C21H25N2O4P. The molecule has 0 saturated carbocycles. The minimum atomic E-state index is -3.75. The van der Waals surface area contributed by atoms with Gasteiger partial charge in [-0.05, 0) is 24.3 Å². The number of piperidine rings is 2. The maximum Gasteiger partial charge on any atom is 0.515 e. The standard InChI is InChI=1S/C21H25N2O4P/c1-20-13-22-14-21(2,19(20)24)16-23(15-20)28(25,26-17-9-5-3-6-10-17)27-18-11-7-4-8-12-18/h3-12,22H,13-16H2,1-2H3/t20-,21-/m0/s1. The molecule has 2 heterocycles. The van der Waals surface area contributed by atoms with Crippen LogP contribution in [0.5, 0.6) is 11.5 Å². The van der Waals surface area contributed by atoms with E-state index in [1.54, 1.807) is 28.9 Å². The van der Waals surface area contributed by atoms with Gasteiger partial charge in [-0.25, -0.2) is 4.57 Å². The highest BCUT2D eigenvalue weighted by atomic mass is 31.2. The lowest BCUT2D eigenvalue weighted by molar-refractivity contribution is -0.146. The van der Waals surface area contributed by atoms with Crippen molar-refractivity contribution in [3.05, 3.63) is 60.7 Å². The number of benzene rings is 2. The van der Waals surface area contributed by atoms with E-state index in [4.69, 9.17) is 9.05 Å². The SMILES string of the molecule is C[C@]12CNC[C@@](C)(CN(P(=O)(Oc3ccccc3)Oc3ccccc3)C1)C2=O. The summed E-state index contributed by atoms with van der Waals surface area (Å²) in [5, 5.41) is 3.35. The van der Waals surface area contributed by atoms with Crippen molar-refractivity contribution in [3.8, 4) is 11.5 Å². The summed E-state index contributed by atoms with van der Waals surface area (Å²) in [5.74, 6) is 1.15. The molecule has 0 spiro atoms. The first-order valence-electron chi connectivity index (χ1n) is 9.44. The highest BCUT2D eigenvalue weighted by Crippen LogP contribution is 2.56. The molecule has 7 heteroatoms. The van der Waals surface area contributed by atoms with Gasteiger partial charge in [0.1, 0.15) is 17.3 Å². The minimum absolute atomic E-state index is 0.209. The molecule has 2 atom stereocenters. The van der Waals surface area contributed by atoms with Crippen LogP contribution < -0.4 is 14.4 Å². The van der Waals surface area contributed by atoms with Crippen molar-refractivity contribution in [3.63, 3.8) is 0 Å². The molecule has 2 aromatic rings. The lowest BCUT2D eigenvalue weighted by atomic mass is 9.66. The lowest BCUT2D eigenvalue weighted by Gasteiger charge is -2.52. The quantitative estimate of drug-likeness (QED) is 0.771. The van der Waals surface area contributed by atoms with Gasteiger partial charge in [-0.15, -0.1) is 0 Å². The Morgan fingerprint density at radius 1 is 0.857 bits per heavy atom. The maximum absolute atomic E-state index is 14.1. The van der Waals surface area contributed by atoms with Crippen LogP contribution in [0, 0.1) is 10.8 Å². The summed E-state index contributed by atoms with van der Waals surface area (Å²) in [5.41, 5.74) is -1.28. The Labute approximate surface area is 165 Å². The van der Waals surface area contributed by atoms with Crippen LogP contribution in [0.2, 0.25) is 0 Å². The van der Waals surface area contributed by atoms with Crippen LogP contribution in [0.1, 0.15) is 13.8 Å². The summed E-state index contributed by atoms with van der Waals surface area (Å²) in [6.07, 6.45) is 0. The molecule has 6 nitrogen and oxygen atoms in total. The zero-order chi connectivity index (χ0) is 19.8. The van der Waals surface area contributed by atoms with Crippen LogP contribution in [0.3, 0.4) is 0 Å². The zero-order valence-corrected chi connectivity index (χ0v) is 17.0. The molecule has 1 N–H and O–H groups in total. The van der Waals surface area contributed by atoms with Crippen molar-refractivity contribution in [2.45, 2.75) is 13.8 Å². The van der Waals surface area contributed by atoms with Crippen LogP contribution in [0.15, 0.2) is 60.7 Å². The topological polar surface area (TPSA) is 67.9 Å². The molecule has 28 heavy (non-hydrogen) atoms. The third-order valence-electron chi connectivity index (χ3n) is 5.46. The van der Waals surface area contributed by atoms with Crippen LogP contribution >= 0.6 is 7.75 Å². The number of para-hydroxylation sites is 2. The average Bonchev–Trinajstić information content (AvgIpc) is 2.66. The van der Waals surface area contributed by atoms with Crippen molar-refractivity contribution in [2.75, 3.05) is 26.2 Å². The fourth-order valence-electron chi connectivity index (χ4n) is 4.16. The number of fused-ring (bicyclic) bond motifs is 2. The van der Waals surface area contributed by atoms with E-state index < -0.39 is 18.6 Å². The Bertz CT molecular complexity index is 840. The van der Waals surface area contributed by atoms with Gasteiger partial charge in [-0.2, -0.15) is 4.67 Å². The highest BCUT2D eigenvalue weighted by molar-refractivity contribution is 7.52. The second-order valence-electron chi connectivity index (χ2n) is 8.15. The van der Waals surface area contributed by atoms with Crippen LogP contribution in [-0.4, -0.2) is 36.6 Å². The van der Waals surface area contributed by atoms with Crippen molar-refractivity contribution in [1.29, 1.82) is 0 Å². The fourth-order valence-corrected chi connectivity index (χ4v) is 6.17. The monoisotopic (exact) mass is 400 g/mol.